The van der Waals surface area contributed by atoms with Crippen LogP contribution in [0.4, 0.5) is 5.69 Å². The maximum Gasteiger partial charge on any atom is 0.0437 e. The Kier molecular flexibility index (Phi) is 5.42. The molecular weight excluding hydrogens is 222 g/mol. The molecule has 0 saturated heterocycles. The summed E-state index contributed by atoms with van der Waals surface area (Å²) in [6.45, 7) is 1.53. The van der Waals surface area contributed by atoms with Crippen molar-refractivity contribution in [2.24, 2.45) is 0 Å². The predicted octanol–water partition coefficient (Wildman–Crippen LogP) is 0.616. The van der Waals surface area contributed by atoms with E-state index in [9.17, 15) is 4.21 Å². The third-order valence-electron chi connectivity index (χ3n) is 2.24. The minimum Gasteiger partial charge on any atom is -0.377 e. The SMILES string of the molecule is CN(C)c1ccncc1CNCCS(C)=O. The van der Waals surface area contributed by atoms with Gasteiger partial charge < -0.3 is 10.2 Å². The van der Waals surface area contributed by atoms with E-state index in [-0.39, 0.29) is 0 Å². The highest BCUT2D eigenvalue weighted by atomic mass is 32.2. The first kappa shape index (κ1) is 13.1. The molecule has 0 fully saturated rings. The third kappa shape index (κ3) is 4.28. The highest BCUT2D eigenvalue weighted by Gasteiger charge is 2.03. The lowest BCUT2D eigenvalue weighted by Crippen LogP contribution is -2.21. The second-order valence-electron chi connectivity index (χ2n) is 3.85. The molecule has 1 heterocycles. The number of nitrogens with one attached hydrogen (secondary N) is 1. The van der Waals surface area contributed by atoms with Crippen LogP contribution in [0.1, 0.15) is 5.56 Å². The van der Waals surface area contributed by atoms with Crippen molar-refractivity contribution in [1.29, 1.82) is 0 Å². The Bertz CT molecular complexity index is 355. The van der Waals surface area contributed by atoms with Gasteiger partial charge in [-0.1, -0.05) is 0 Å². The second kappa shape index (κ2) is 6.60. The summed E-state index contributed by atoms with van der Waals surface area (Å²) >= 11 is 0. The van der Waals surface area contributed by atoms with Gasteiger partial charge in [0.2, 0.25) is 0 Å². The van der Waals surface area contributed by atoms with Crippen LogP contribution in [0.3, 0.4) is 0 Å². The molecule has 0 aliphatic carbocycles. The topological polar surface area (TPSA) is 45.2 Å². The van der Waals surface area contributed by atoms with Crippen LogP contribution < -0.4 is 10.2 Å². The Morgan fingerprint density at radius 3 is 2.88 bits per heavy atom. The van der Waals surface area contributed by atoms with Crippen molar-refractivity contribution in [3.63, 3.8) is 0 Å². The molecule has 0 spiro atoms. The van der Waals surface area contributed by atoms with Crippen molar-refractivity contribution in [3.05, 3.63) is 24.0 Å². The van der Waals surface area contributed by atoms with E-state index in [0.29, 0.717) is 5.75 Å². The normalized spacial score (nSPS) is 12.4. The van der Waals surface area contributed by atoms with E-state index in [1.807, 2.05) is 26.4 Å². The van der Waals surface area contributed by atoms with Crippen molar-refractivity contribution < 1.29 is 4.21 Å². The summed E-state index contributed by atoms with van der Waals surface area (Å²) in [6, 6.07) is 2.00. The van der Waals surface area contributed by atoms with Crippen LogP contribution in [0, 0.1) is 0 Å². The maximum atomic E-state index is 10.9. The standard InChI is InChI=1S/C11H19N3OS/c1-14(2)11-4-5-12-8-10(11)9-13-6-7-16(3)15/h4-5,8,13H,6-7,9H2,1-3H3. The molecule has 0 amide bonds. The lowest BCUT2D eigenvalue weighted by Gasteiger charge is -2.16. The number of nitrogens with zero attached hydrogens (tertiary/aromatic N) is 2. The van der Waals surface area contributed by atoms with E-state index in [0.717, 1.165) is 18.7 Å². The molecule has 1 unspecified atom stereocenters. The Labute approximate surface area is 99.5 Å². The fourth-order valence-corrected chi connectivity index (χ4v) is 1.86. The number of pyridine rings is 1. The smallest absolute Gasteiger partial charge is 0.0437 e. The molecule has 1 atom stereocenters. The zero-order valence-corrected chi connectivity index (χ0v) is 10.9. The Balaban J connectivity index is 2.50. The van der Waals surface area contributed by atoms with Gasteiger partial charge in [0.05, 0.1) is 0 Å². The minimum absolute atomic E-state index is 0.692. The lowest BCUT2D eigenvalue weighted by atomic mass is 10.2. The average Bonchev–Trinajstić information content (AvgIpc) is 2.24. The predicted molar refractivity (Wildman–Crippen MR) is 69.2 cm³/mol. The van der Waals surface area contributed by atoms with Gasteiger partial charge in [-0.3, -0.25) is 9.19 Å². The highest BCUT2D eigenvalue weighted by molar-refractivity contribution is 7.84. The van der Waals surface area contributed by atoms with Crippen LogP contribution in [0.5, 0.6) is 0 Å². The molecule has 0 aliphatic rings. The molecule has 0 aromatic carbocycles. The average molecular weight is 241 g/mol. The van der Waals surface area contributed by atoms with Gasteiger partial charge in [-0.2, -0.15) is 0 Å². The number of hydrogen-bond acceptors (Lipinski definition) is 4. The van der Waals surface area contributed by atoms with Crippen molar-refractivity contribution in [2.75, 3.05) is 37.5 Å². The highest BCUT2D eigenvalue weighted by Crippen LogP contribution is 2.15. The maximum absolute atomic E-state index is 10.9. The molecular formula is C11H19N3OS. The van der Waals surface area contributed by atoms with E-state index >= 15 is 0 Å². The summed E-state index contributed by atoms with van der Waals surface area (Å²) in [5.41, 5.74) is 2.33. The molecule has 5 heteroatoms. The Hall–Kier alpha value is -0.940. The van der Waals surface area contributed by atoms with Gasteiger partial charge >= 0.3 is 0 Å². The van der Waals surface area contributed by atoms with Gasteiger partial charge in [-0.05, 0) is 6.07 Å². The fraction of sp³-hybridized carbons (Fsp3) is 0.545. The molecule has 1 N–H and O–H groups in total. The largest absolute Gasteiger partial charge is 0.377 e. The molecule has 90 valence electrons. The van der Waals surface area contributed by atoms with Gasteiger partial charge in [-0.25, -0.2) is 0 Å². The number of anilines is 1. The Morgan fingerprint density at radius 2 is 2.25 bits per heavy atom. The molecule has 1 rings (SSSR count). The van der Waals surface area contributed by atoms with Gasteiger partial charge in [0.25, 0.3) is 0 Å². The summed E-state index contributed by atoms with van der Waals surface area (Å²) in [5, 5.41) is 3.27. The third-order valence-corrected chi connectivity index (χ3v) is 3.02. The molecule has 1 aromatic heterocycles. The second-order valence-corrected chi connectivity index (χ2v) is 5.41. The van der Waals surface area contributed by atoms with E-state index in [2.05, 4.69) is 15.2 Å². The molecule has 16 heavy (non-hydrogen) atoms. The molecule has 0 bridgehead atoms. The monoisotopic (exact) mass is 241 g/mol. The summed E-state index contributed by atoms with van der Waals surface area (Å²) in [5.74, 6) is 0.692. The van der Waals surface area contributed by atoms with E-state index < -0.39 is 10.8 Å². The summed E-state index contributed by atoms with van der Waals surface area (Å²) < 4.78 is 10.9. The van der Waals surface area contributed by atoms with Crippen molar-refractivity contribution in [3.8, 4) is 0 Å². The number of rotatable bonds is 6. The van der Waals surface area contributed by atoms with Crippen LogP contribution >= 0.6 is 0 Å². The first-order valence-corrected chi connectivity index (χ1v) is 6.95. The number of hydrogen-bond donors (Lipinski definition) is 1. The van der Waals surface area contributed by atoms with E-state index in [1.54, 1.807) is 12.5 Å². The molecule has 0 aliphatic heterocycles. The zero-order valence-electron chi connectivity index (χ0n) is 10.1. The van der Waals surface area contributed by atoms with Crippen molar-refractivity contribution in [1.82, 2.24) is 10.3 Å². The molecule has 0 saturated carbocycles. The van der Waals surface area contributed by atoms with E-state index in [4.69, 9.17) is 0 Å². The van der Waals surface area contributed by atoms with Gasteiger partial charge in [0.1, 0.15) is 0 Å². The first-order valence-electron chi connectivity index (χ1n) is 5.22. The van der Waals surface area contributed by atoms with Crippen LogP contribution in [-0.2, 0) is 17.3 Å². The summed E-state index contributed by atoms with van der Waals surface area (Å²) in [4.78, 5) is 6.18. The van der Waals surface area contributed by atoms with Gasteiger partial charge in [0.15, 0.2) is 0 Å². The first-order chi connectivity index (χ1) is 7.61. The number of aromatic nitrogens is 1. The zero-order chi connectivity index (χ0) is 12.0. The molecule has 1 aromatic rings. The van der Waals surface area contributed by atoms with Crippen LogP contribution in [0.25, 0.3) is 0 Å². The molecule has 4 nitrogen and oxygen atoms in total. The van der Waals surface area contributed by atoms with Crippen LogP contribution in [-0.4, -0.2) is 41.8 Å². The minimum atomic E-state index is -0.726. The fourth-order valence-electron chi connectivity index (χ4n) is 1.43. The van der Waals surface area contributed by atoms with Gasteiger partial charge in [0, 0.05) is 73.6 Å². The van der Waals surface area contributed by atoms with Crippen molar-refractivity contribution >= 4 is 16.5 Å². The van der Waals surface area contributed by atoms with Crippen LogP contribution in [0.2, 0.25) is 0 Å². The summed E-state index contributed by atoms with van der Waals surface area (Å²) in [7, 11) is 3.30. The van der Waals surface area contributed by atoms with E-state index in [1.165, 1.54) is 5.69 Å². The lowest BCUT2D eigenvalue weighted by molar-refractivity contribution is 0.676. The Morgan fingerprint density at radius 1 is 1.50 bits per heavy atom. The van der Waals surface area contributed by atoms with Crippen LogP contribution in [0.15, 0.2) is 18.5 Å². The van der Waals surface area contributed by atoms with Crippen molar-refractivity contribution in [2.45, 2.75) is 6.54 Å². The van der Waals surface area contributed by atoms with Gasteiger partial charge in [-0.15, -0.1) is 0 Å². The summed E-state index contributed by atoms with van der Waals surface area (Å²) in [6.07, 6.45) is 5.38. The quantitative estimate of drug-likeness (QED) is 0.742. The molecule has 0 radical (unpaired) electrons.